The summed E-state index contributed by atoms with van der Waals surface area (Å²) in [7, 11) is 3.01. The molecular weight excluding hydrogens is 262 g/mol. The molecule has 2 N–H and O–H groups in total. The Morgan fingerprint density at radius 1 is 1.25 bits per heavy atom. The molecule has 0 atom stereocenters. The quantitative estimate of drug-likeness (QED) is 0.828. The van der Waals surface area contributed by atoms with E-state index in [1.807, 2.05) is 0 Å². The topological polar surface area (TPSA) is 88.6 Å². The van der Waals surface area contributed by atoms with E-state index in [0.717, 1.165) is 6.08 Å². The Morgan fingerprint density at radius 3 is 2.50 bits per heavy atom. The molecule has 6 heteroatoms. The summed E-state index contributed by atoms with van der Waals surface area (Å²) in [5, 5.41) is 9.25. The predicted octanol–water partition coefficient (Wildman–Crippen LogP) is 1.64. The number of nitrogens with one attached hydrogen (secondary N) is 1. The number of hydrogen-bond donors (Lipinski definition) is 2. The Bertz CT molecular complexity index is 745. The average molecular weight is 275 g/mol. The molecule has 20 heavy (non-hydrogen) atoms. The van der Waals surface area contributed by atoms with Crippen molar-refractivity contribution in [3.63, 3.8) is 0 Å². The Kier molecular flexibility index (Phi) is 3.74. The van der Waals surface area contributed by atoms with Gasteiger partial charge in [0.2, 0.25) is 0 Å². The van der Waals surface area contributed by atoms with E-state index in [1.54, 1.807) is 18.2 Å². The molecule has 6 nitrogen and oxygen atoms in total. The second-order valence-corrected chi connectivity index (χ2v) is 3.98. The van der Waals surface area contributed by atoms with E-state index < -0.39 is 11.5 Å². The second kappa shape index (κ2) is 5.48. The lowest BCUT2D eigenvalue weighted by Gasteiger charge is -2.09. The largest absolute Gasteiger partial charge is 0.496 e. The number of fused-ring (bicyclic) bond motifs is 1. The van der Waals surface area contributed by atoms with Gasteiger partial charge in [0.25, 0.3) is 5.56 Å². The Balaban J connectivity index is 2.74. The molecular formula is C14H13NO5. The molecule has 2 aromatic rings. The summed E-state index contributed by atoms with van der Waals surface area (Å²) in [6.45, 7) is 0. The number of benzene rings is 1. The fraction of sp³-hybridized carbons (Fsp3) is 0.143. The zero-order valence-corrected chi connectivity index (χ0v) is 11.0. The minimum Gasteiger partial charge on any atom is -0.496 e. The molecule has 1 aromatic carbocycles. The third-order valence-electron chi connectivity index (χ3n) is 2.81. The second-order valence-electron chi connectivity index (χ2n) is 3.98. The standard InChI is InChI=1S/C14H13NO5/c1-19-10-4-5-11(20-2)13-9(10)7-8(14(18)15-13)3-6-12(16)17/h3-7H,1-2H3,(H,15,18)(H,16,17)/b6-3+. The van der Waals surface area contributed by atoms with Gasteiger partial charge >= 0.3 is 5.97 Å². The zero-order chi connectivity index (χ0) is 14.7. The van der Waals surface area contributed by atoms with Crippen LogP contribution in [-0.2, 0) is 4.79 Å². The van der Waals surface area contributed by atoms with Gasteiger partial charge in [0.1, 0.15) is 11.5 Å². The van der Waals surface area contributed by atoms with Gasteiger partial charge in [-0.1, -0.05) is 0 Å². The van der Waals surface area contributed by atoms with Crippen LogP contribution in [0.1, 0.15) is 5.56 Å². The van der Waals surface area contributed by atoms with E-state index in [9.17, 15) is 9.59 Å². The van der Waals surface area contributed by atoms with Crippen molar-refractivity contribution >= 4 is 22.9 Å². The van der Waals surface area contributed by atoms with Crippen LogP contribution in [0.15, 0.2) is 29.1 Å². The van der Waals surface area contributed by atoms with Crippen molar-refractivity contribution in [2.45, 2.75) is 0 Å². The van der Waals surface area contributed by atoms with Crippen LogP contribution in [0.5, 0.6) is 11.5 Å². The summed E-state index contributed by atoms with van der Waals surface area (Å²) in [4.78, 5) is 25.1. The van der Waals surface area contributed by atoms with Crippen LogP contribution < -0.4 is 15.0 Å². The van der Waals surface area contributed by atoms with E-state index in [4.69, 9.17) is 14.6 Å². The van der Waals surface area contributed by atoms with Crippen molar-refractivity contribution in [1.82, 2.24) is 4.98 Å². The van der Waals surface area contributed by atoms with E-state index in [-0.39, 0.29) is 5.56 Å². The summed E-state index contributed by atoms with van der Waals surface area (Å²) in [5.41, 5.74) is 0.331. The number of pyridine rings is 1. The molecule has 0 aliphatic carbocycles. The lowest BCUT2D eigenvalue weighted by atomic mass is 10.1. The Morgan fingerprint density at radius 2 is 1.90 bits per heavy atom. The lowest BCUT2D eigenvalue weighted by Crippen LogP contribution is -2.10. The van der Waals surface area contributed by atoms with Gasteiger partial charge in [-0.15, -0.1) is 0 Å². The fourth-order valence-electron chi connectivity index (χ4n) is 1.89. The van der Waals surface area contributed by atoms with Crippen molar-refractivity contribution in [2.75, 3.05) is 14.2 Å². The van der Waals surface area contributed by atoms with Gasteiger partial charge in [0.15, 0.2) is 0 Å². The molecule has 1 aromatic heterocycles. The van der Waals surface area contributed by atoms with Crippen molar-refractivity contribution in [1.29, 1.82) is 0 Å². The molecule has 0 saturated carbocycles. The number of aromatic nitrogens is 1. The van der Waals surface area contributed by atoms with Crippen LogP contribution in [0.2, 0.25) is 0 Å². The fourth-order valence-corrected chi connectivity index (χ4v) is 1.89. The third kappa shape index (κ3) is 2.49. The normalized spacial score (nSPS) is 10.9. The maximum atomic E-state index is 11.9. The van der Waals surface area contributed by atoms with Crippen molar-refractivity contribution in [3.8, 4) is 11.5 Å². The van der Waals surface area contributed by atoms with Gasteiger partial charge < -0.3 is 19.6 Å². The number of H-pyrrole nitrogens is 1. The molecule has 0 saturated heterocycles. The summed E-state index contributed by atoms with van der Waals surface area (Å²) in [5.74, 6) is -0.0595. The van der Waals surface area contributed by atoms with Gasteiger partial charge in [-0.05, 0) is 24.3 Å². The smallest absolute Gasteiger partial charge is 0.328 e. The summed E-state index contributed by atoms with van der Waals surface area (Å²) < 4.78 is 10.4. The average Bonchev–Trinajstić information content (AvgIpc) is 2.43. The van der Waals surface area contributed by atoms with E-state index in [0.29, 0.717) is 22.4 Å². The molecule has 0 spiro atoms. The number of carbonyl (C=O) groups is 1. The number of carboxylic acids is 1. The highest BCUT2D eigenvalue weighted by Gasteiger charge is 2.10. The summed E-state index contributed by atoms with van der Waals surface area (Å²) >= 11 is 0. The number of ether oxygens (including phenoxy) is 2. The number of rotatable bonds is 4. The van der Waals surface area contributed by atoms with E-state index >= 15 is 0 Å². The molecule has 0 fully saturated rings. The van der Waals surface area contributed by atoms with Gasteiger partial charge in [-0.2, -0.15) is 0 Å². The van der Waals surface area contributed by atoms with E-state index in [2.05, 4.69) is 4.98 Å². The van der Waals surface area contributed by atoms with Crippen molar-refractivity contribution in [3.05, 3.63) is 40.2 Å². The Labute approximate surface area is 114 Å². The molecule has 0 bridgehead atoms. The van der Waals surface area contributed by atoms with Crippen LogP contribution in [0, 0.1) is 0 Å². The predicted molar refractivity (Wildman–Crippen MR) is 74.3 cm³/mol. The maximum absolute atomic E-state index is 11.9. The number of methoxy groups -OCH3 is 2. The molecule has 104 valence electrons. The van der Waals surface area contributed by atoms with Crippen molar-refractivity contribution in [2.24, 2.45) is 0 Å². The molecule has 1 heterocycles. The lowest BCUT2D eigenvalue weighted by molar-refractivity contribution is -0.131. The zero-order valence-electron chi connectivity index (χ0n) is 11.0. The molecule has 2 rings (SSSR count). The first kappa shape index (κ1) is 13.7. The minimum absolute atomic E-state index is 0.228. The number of hydrogen-bond acceptors (Lipinski definition) is 4. The van der Waals surface area contributed by atoms with Crippen LogP contribution in [0.3, 0.4) is 0 Å². The van der Waals surface area contributed by atoms with Crippen LogP contribution in [0.4, 0.5) is 0 Å². The SMILES string of the molecule is COc1ccc(OC)c2[nH]c(=O)c(/C=C/C(=O)O)cc12. The van der Waals surface area contributed by atoms with Gasteiger partial charge in [-0.3, -0.25) is 4.79 Å². The molecule has 0 aliphatic heterocycles. The van der Waals surface area contributed by atoms with Gasteiger partial charge in [0, 0.05) is 17.0 Å². The monoisotopic (exact) mass is 275 g/mol. The molecule has 0 aliphatic rings. The first-order valence-electron chi connectivity index (χ1n) is 5.76. The number of aliphatic carboxylic acids is 1. The van der Waals surface area contributed by atoms with Crippen molar-refractivity contribution < 1.29 is 19.4 Å². The van der Waals surface area contributed by atoms with Crippen LogP contribution in [-0.4, -0.2) is 30.3 Å². The van der Waals surface area contributed by atoms with Gasteiger partial charge in [-0.25, -0.2) is 4.79 Å². The summed E-state index contributed by atoms with van der Waals surface area (Å²) in [6, 6.07) is 4.96. The number of aromatic amines is 1. The van der Waals surface area contributed by atoms with Crippen LogP contribution >= 0.6 is 0 Å². The van der Waals surface area contributed by atoms with Crippen LogP contribution in [0.25, 0.3) is 17.0 Å². The Hall–Kier alpha value is -2.76. The highest BCUT2D eigenvalue weighted by Crippen LogP contribution is 2.31. The van der Waals surface area contributed by atoms with Gasteiger partial charge in [0.05, 0.1) is 19.7 Å². The number of carboxylic acid groups (broad SMARTS) is 1. The maximum Gasteiger partial charge on any atom is 0.328 e. The first-order chi connectivity index (χ1) is 9.56. The first-order valence-corrected chi connectivity index (χ1v) is 5.76. The highest BCUT2D eigenvalue weighted by atomic mass is 16.5. The molecule has 0 amide bonds. The highest BCUT2D eigenvalue weighted by molar-refractivity contribution is 5.92. The molecule has 0 radical (unpaired) electrons. The summed E-state index contributed by atoms with van der Waals surface area (Å²) in [6.07, 6.45) is 2.14. The molecule has 0 unspecified atom stereocenters. The minimum atomic E-state index is -1.12. The van der Waals surface area contributed by atoms with E-state index in [1.165, 1.54) is 20.3 Å². The third-order valence-corrected chi connectivity index (χ3v) is 2.81.